The smallest absolute Gasteiger partial charge is 0.224 e. The van der Waals surface area contributed by atoms with Gasteiger partial charge in [0.1, 0.15) is 5.82 Å². The number of hydrogen-bond acceptors (Lipinski definition) is 5. The molecular weight excluding hydrogens is 218 g/mol. The van der Waals surface area contributed by atoms with Crippen LogP contribution in [0.2, 0.25) is 5.28 Å². The zero-order valence-corrected chi connectivity index (χ0v) is 9.20. The largest absolute Gasteiger partial charge is 0.394 e. The van der Waals surface area contributed by atoms with E-state index >= 15 is 0 Å². The molecular formula is C9H14ClN3O2. The molecule has 84 valence electrons. The van der Waals surface area contributed by atoms with Crippen LogP contribution in [0.4, 0.5) is 5.82 Å². The molecule has 6 heteroatoms. The number of aliphatic hydroxyl groups excluding tert-OH is 2. The summed E-state index contributed by atoms with van der Waals surface area (Å²) in [4.78, 5) is 7.66. The van der Waals surface area contributed by atoms with Crippen LogP contribution in [-0.2, 0) is 0 Å². The first-order valence-electron chi connectivity index (χ1n) is 4.64. The Morgan fingerprint density at radius 2 is 2.13 bits per heavy atom. The average molecular weight is 232 g/mol. The molecule has 0 aliphatic carbocycles. The van der Waals surface area contributed by atoms with E-state index in [2.05, 4.69) is 15.3 Å². The molecule has 3 N–H and O–H groups in total. The summed E-state index contributed by atoms with van der Waals surface area (Å²) in [5.41, 5.74) is -0.766. The fourth-order valence-corrected chi connectivity index (χ4v) is 1.26. The second-order valence-corrected chi connectivity index (χ2v) is 3.62. The molecule has 0 atom stereocenters. The molecule has 0 saturated carbocycles. The van der Waals surface area contributed by atoms with E-state index < -0.39 is 5.54 Å². The molecule has 0 unspecified atom stereocenters. The van der Waals surface area contributed by atoms with Gasteiger partial charge in [0.05, 0.1) is 18.8 Å². The Balaban J connectivity index is 2.82. The van der Waals surface area contributed by atoms with E-state index in [4.69, 9.17) is 11.6 Å². The number of nitrogens with one attached hydrogen (secondary N) is 1. The van der Waals surface area contributed by atoms with Gasteiger partial charge in [-0.2, -0.15) is 0 Å². The van der Waals surface area contributed by atoms with Crippen molar-refractivity contribution in [3.63, 3.8) is 0 Å². The molecule has 0 fully saturated rings. The number of aliphatic hydroxyl groups is 2. The molecule has 0 aliphatic heterocycles. The minimum atomic E-state index is -0.766. The van der Waals surface area contributed by atoms with E-state index in [1.807, 2.05) is 6.92 Å². The van der Waals surface area contributed by atoms with Crippen LogP contribution in [0.1, 0.15) is 13.3 Å². The van der Waals surface area contributed by atoms with Gasteiger partial charge in [-0.15, -0.1) is 0 Å². The van der Waals surface area contributed by atoms with E-state index in [1.165, 1.54) is 6.20 Å². The minimum absolute atomic E-state index is 0.126. The van der Waals surface area contributed by atoms with E-state index in [-0.39, 0.29) is 18.5 Å². The van der Waals surface area contributed by atoms with Gasteiger partial charge in [0.2, 0.25) is 5.28 Å². The van der Waals surface area contributed by atoms with Gasteiger partial charge in [0.25, 0.3) is 0 Å². The molecule has 0 bridgehead atoms. The van der Waals surface area contributed by atoms with E-state index in [1.54, 1.807) is 6.07 Å². The molecule has 1 heterocycles. The first kappa shape index (κ1) is 12.2. The van der Waals surface area contributed by atoms with E-state index in [9.17, 15) is 10.2 Å². The van der Waals surface area contributed by atoms with Gasteiger partial charge in [-0.1, -0.05) is 6.92 Å². The lowest BCUT2D eigenvalue weighted by atomic mass is 9.99. The molecule has 0 aromatic carbocycles. The Kier molecular flexibility index (Phi) is 4.26. The molecule has 15 heavy (non-hydrogen) atoms. The molecule has 0 spiro atoms. The van der Waals surface area contributed by atoms with Crippen molar-refractivity contribution in [2.24, 2.45) is 0 Å². The normalized spacial score (nSPS) is 11.5. The van der Waals surface area contributed by atoms with Crippen molar-refractivity contribution in [1.29, 1.82) is 0 Å². The molecule has 0 amide bonds. The Hall–Kier alpha value is -0.910. The summed E-state index contributed by atoms with van der Waals surface area (Å²) in [5, 5.41) is 21.5. The molecule has 5 nitrogen and oxygen atoms in total. The number of hydrogen-bond donors (Lipinski definition) is 3. The summed E-state index contributed by atoms with van der Waals surface area (Å²) >= 11 is 5.62. The third-order valence-corrected chi connectivity index (χ3v) is 2.48. The van der Waals surface area contributed by atoms with Crippen molar-refractivity contribution in [2.75, 3.05) is 18.5 Å². The van der Waals surface area contributed by atoms with E-state index in [0.717, 1.165) is 0 Å². The van der Waals surface area contributed by atoms with Crippen LogP contribution in [0.15, 0.2) is 12.3 Å². The van der Waals surface area contributed by atoms with Gasteiger partial charge in [0.15, 0.2) is 0 Å². The monoisotopic (exact) mass is 231 g/mol. The predicted octanol–water partition coefficient (Wildman–Crippen LogP) is 0.675. The lowest BCUT2D eigenvalue weighted by molar-refractivity contribution is 0.132. The number of aromatic nitrogens is 2. The Morgan fingerprint density at radius 3 is 2.60 bits per heavy atom. The maximum atomic E-state index is 9.21. The van der Waals surface area contributed by atoms with Crippen LogP contribution in [0.25, 0.3) is 0 Å². The summed E-state index contributed by atoms with van der Waals surface area (Å²) in [6.07, 6.45) is 2.08. The quantitative estimate of drug-likeness (QED) is 0.650. The van der Waals surface area contributed by atoms with Crippen molar-refractivity contribution in [3.8, 4) is 0 Å². The highest BCUT2D eigenvalue weighted by atomic mass is 35.5. The maximum absolute atomic E-state index is 9.21. The number of anilines is 1. The van der Waals surface area contributed by atoms with Crippen LogP contribution in [0.5, 0.6) is 0 Å². The topological polar surface area (TPSA) is 78.3 Å². The average Bonchev–Trinajstić information content (AvgIpc) is 2.26. The number of halogens is 1. The summed E-state index contributed by atoms with van der Waals surface area (Å²) in [7, 11) is 0. The van der Waals surface area contributed by atoms with Gasteiger partial charge in [-0.3, -0.25) is 0 Å². The van der Waals surface area contributed by atoms with Gasteiger partial charge in [-0.25, -0.2) is 9.97 Å². The van der Waals surface area contributed by atoms with Gasteiger partial charge >= 0.3 is 0 Å². The Labute approximate surface area is 93.1 Å². The fraction of sp³-hybridized carbons (Fsp3) is 0.556. The zero-order valence-electron chi connectivity index (χ0n) is 8.44. The summed E-state index contributed by atoms with van der Waals surface area (Å²) < 4.78 is 0. The second kappa shape index (κ2) is 5.25. The van der Waals surface area contributed by atoms with Crippen molar-refractivity contribution in [2.45, 2.75) is 18.9 Å². The highest BCUT2D eigenvalue weighted by molar-refractivity contribution is 6.28. The van der Waals surface area contributed by atoms with Crippen LogP contribution in [0, 0.1) is 0 Å². The molecule has 1 aromatic heterocycles. The fourth-order valence-electron chi connectivity index (χ4n) is 1.12. The van der Waals surface area contributed by atoms with Gasteiger partial charge in [0, 0.05) is 6.20 Å². The summed E-state index contributed by atoms with van der Waals surface area (Å²) in [6, 6.07) is 1.63. The zero-order chi connectivity index (χ0) is 11.3. The highest BCUT2D eigenvalue weighted by Crippen LogP contribution is 2.16. The lowest BCUT2D eigenvalue weighted by Gasteiger charge is -2.30. The highest BCUT2D eigenvalue weighted by Gasteiger charge is 2.26. The molecule has 1 aromatic rings. The summed E-state index contributed by atoms with van der Waals surface area (Å²) in [6.45, 7) is 1.51. The van der Waals surface area contributed by atoms with Crippen LogP contribution < -0.4 is 5.32 Å². The lowest BCUT2D eigenvalue weighted by Crippen LogP contribution is -2.45. The van der Waals surface area contributed by atoms with Gasteiger partial charge in [-0.05, 0) is 24.1 Å². The maximum Gasteiger partial charge on any atom is 0.224 e. The Morgan fingerprint density at radius 1 is 1.47 bits per heavy atom. The van der Waals surface area contributed by atoms with Gasteiger partial charge < -0.3 is 15.5 Å². The molecule has 0 radical (unpaired) electrons. The first-order valence-corrected chi connectivity index (χ1v) is 5.02. The number of nitrogens with zero attached hydrogens (tertiary/aromatic N) is 2. The van der Waals surface area contributed by atoms with Crippen molar-refractivity contribution < 1.29 is 10.2 Å². The molecule has 0 aliphatic rings. The van der Waals surface area contributed by atoms with Crippen LogP contribution in [-0.4, -0.2) is 38.9 Å². The standard InChI is InChI=1S/C9H14ClN3O2/c1-2-9(5-14,6-15)13-7-3-4-11-8(10)12-7/h3-4,14-15H,2,5-6H2,1H3,(H,11,12,13). The van der Waals surface area contributed by atoms with E-state index in [0.29, 0.717) is 12.2 Å². The third-order valence-electron chi connectivity index (χ3n) is 2.30. The first-order chi connectivity index (χ1) is 7.15. The third kappa shape index (κ3) is 3.02. The summed E-state index contributed by atoms with van der Waals surface area (Å²) in [5.74, 6) is 0.486. The molecule has 1 rings (SSSR count). The molecule has 0 saturated heterocycles. The number of rotatable bonds is 5. The SMILES string of the molecule is CCC(CO)(CO)Nc1ccnc(Cl)n1. The van der Waals surface area contributed by atoms with Crippen LogP contribution in [0.3, 0.4) is 0 Å². The van der Waals surface area contributed by atoms with Crippen molar-refractivity contribution in [1.82, 2.24) is 9.97 Å². The van der Waals surface area contributed by atoms with Crippen molar-refractivity contribution >= 4 is 17.4 Å². The van der Waals surface area contributed by atoms with Crippen molar-refractivity contribution in [3.05, 3.63) is 17.5 Å². The minimum Gasteiger partial charge on any atom is -0.394 e. The predicted molar refractivity (Wildman–Crippen MR) is 57.9 cm³/mol. The second-order valence-electron chi connectivity index (χ2n) is 3.29. The Bertz CT molecular complexity index is 310. The van der Waals surface area contributed by atoms with Crippen LogP contribution >= 0.6 is 11.6 Å².